The van der Waals surface area contributed by atoms with Crippen molar-refractivity contribution in [2.75, 3.05) is 46.1 Å². The summed E-state index contributed by atoms with van der Waals surface area (Å²) in [5, 5.41) is 11.1. The molecule has 0 radical (unpaired) electrons. The van der Waals surface area contributed by atoms with Crippen LogP contribution in [0.25, 0.3) is 5.57 Å². The first-order chi connectivity index (χ1) is 15.2. The van der Waals surface area contributed by atoms with E-state index in [1.165, 1.54) is 16.2 Å². The van der Waals surface area contributed by atoms with Crippen molar-refractivity contribution in [3.8, 4) is 11.5 Å². The number of benzene rings is 1. The zero-order chi connectivity index (χ0) is 21.4. The number of aliphatic hydroxyl groups excluding tert-OH is 1. The zero-order valence-corrected chi connectivity index (χ0v) is 17.8. The van der Waals surface area contributed by atoms with E-state index in [0.29, 0.717) is 42.4 Å². The number of hydrogen-bond donors (Lipinski definition) is 1. The number of carbonyl (C=O) groups is 2. The average molecular weight is 442 g/mol. The van der Waals surface area contributed by atoms with E-state index in [2.05, 4.69) is 4.90 Å². The van der Waals surface area contributed by atoms with Crippen LogP contribution in [0.5, 0.6) is 11.5 Å². The number of fused-ring (bicyclic) bond motifs is 1. The SMILES string of the molecule is O=C1C(c2cccs2)=C(N2CCN(CCO)CC2)C(=O)N1Cc1ccc2c(c1)OCO2. The number of imide groups is 1. The Labute approximate surface area is 183 Å². The van der Waals surface area contributed by atoms with Gasteiger partial charge in [0, 0.05) is 37.6 Å². The number of nitrogens with zero attached hydrogens (tertiary/aromatic N) is 3. The van der Waals surface area contributed by atoms with Crippen molar-refractivity contribution in [1.29, 1.82) is 0 Å². The predicted octanol–water partition coefficient (Wildman–Crippen LogP) is 1.37. The lowest BCUT2D eigenvalue weighted by Gasteiger charge is -2.36. The fourth-order valence-electron chi connectivity index (χ4n) is 4.20. The quantitative estimate of drug-likeness (QED) is 0.678. The standard InChI is InChI=1S/C22H23N3O5S/c26-10-9-23-5-7-24(8-6-23)20-19(18-2-1-11-31-18)21(27)25(22(20)28)13-15-3-4-16-17(12-15)30-14-29-16/h1-4,11-12,26H,5-10,13-14H2. The van der Waals surface area contributed by atoms with Gasteiger partial charge in [0.1, 0.15) is 5.70 Å². The van der Waals surface area contributed by atoms with E-state index in [1.807, 2.05) is 34.5 Å². The highest BCUT2D eigenvalue weighted by molar-refractivity contribution is 7.11. The summed E-state index contributed by atoms with van der Waals surface area (Å²) in [4.78, 5) is 33.2. The molecule has 9 heteroatoms. The summed E-state index contributed by atoms with van der Waals surface area (Å²) in [5.41, 5.74) is 1.78. The van der Waals surface area contributed by atoms with Crippen LogP contribution in [0.2, 0.25) is 0 Å². The number of carbonyl (C=O) groups excluding carboxylic acids is 2. The Hall–Kier alpha value is -2.88. The minimum absolute atomic E-state index is 0.115. The second-order valence-corrected chi connectivity index (χ2v) is 8.58. The monoisotopic (exact) mass is 441 g/mol. The predicted molar refractivity (Wildman–Crippen MR) is 114 cm³/mol. The van der Waals surface area contributed by atoms with Crippen LogP contribution < -0.4 is 9.47 Å². The maximum Gasteiger partial charge on any atom is 0.278 e. The fraction of sp³-hybridized carbons (Fsp3) is 0.364. The summed E-state index contributed by atoms with van der Waals surface area (Å²) in [6, 6.07) is 9.25. The molecule has 162 valence electrons. The molecule has 8 nitrogen and oxygen atoms in total. The minimum Gasteiger partial charge on any atom is -0.454 e. The van der Waals surface area contributed by atoms with E-state index in [4.69, 9.17) is 9.47 Å². The van der Waals surface area contributed by atoms with E-state index in [9.17, 15) is 14.7 Å². The van der Waals surface area contributed by atoms with Crippen LogP contribution in [-0.4, -0.2) is 77.7 Å². The molecule has 5 rings (SSSR count). The molecule has 2 amide bonds. The number of piperazine rings is 1. The first-order valence-corrected chi connectivity index (χ1v) is 11.1. The third-order valence-electron chi connectivity index (χ3n) is 5.79. The highest BCUT2D eigenvalue weighted by Gasteiger charge is 2.42. The Kier molecular flexibility index (Phi) is 5.39. The summed E-state index contributed by atoms with van der Waals surface area (Å²) >= 11 is 1.46. The molecule has 3 aliphatic rings. The fourth-order valence-corrected chi connectivity index (χ4v) is 4.96. The van der Waals surface area contributed by atoms with E-state index in [-0.39, 0.29) is 31.8 Å². The third kappa shape index (κ3) is 3.69. The Morgan fingerprint density at radius 1 is 1.00 bits per heavy atom. The van der Waals surface area contributed by atoms with Crippen molar-refractivity contribution in [2.45, 2.75) is 6.54 Å². The van der Waals surface area contributed by atoms with Crippen LogP contribution >= 0.6 is 11.3 Å². The first-order valence-electron chi connectivity index (χ1n) is 10.3. The van der Waals surface area contributed by atoms with Gasteiger partial charge in [-0.1, -0.05) is 12.1 Å². The molecule has 0 saturated carbocycles. The van der Waals surface area contributed by atoms with Crippen LogP contribution in [0.15, 0.2) is 41.4 Å². The highest BCUT2D eigenvalue weighted by Crippen LogP contribution is 2.37. The van der Waals surface area contributed by atoms with Crippen LogP contribution in [0.4, 0.5) is 0 Å². The molecule has 3 aliphatic heterocycles. The van der Waals surface area contributed by atoms with Crippen molar-refractivity contribution < 1.29 is 24.2 Å². The lowest BCUT2D eigenvalue weighted by Crippen LogP contribution is -2.48. The molecule has 1 fully saturated rings. The van der Waals surface area contributed by atoms with Crippen LogP contribution in [0, 0.1) is 0 Å². The Bertz CT molecular complexity index is 1030. The number of thiophene rings is 1. The summed E-state index contributed by atoms with van der Waals surface area (Å²) in [7, 11) is 0. The smallest absolute Gasteiger partial charge is 0.278 e. The molecule has 0 spiro atoms. The van der Waals surface area contributed by atoms with Gasteiger partial charge in [0.05, 0.1) is 18.7 Å². The molecule has 0 bridgehead atoms. The van der Waals surface area contributed by atoms with Gasteiger partial charge in [-0.15, -0.1) is 11.3 Å². The third-order valence-corrected chi connectivity index (χ3v) is 6.68. The van der Waals surface area contributed by atoms with Crippen molar-refractivity contribution in [2.24, 2.45) is 0 Å². The van der Waals surface area contributed by atoms with E-state index >= 15 is 0 Å². The largest absolute Gasteiger partial charge is 0.454 e. The molecule has 4 heterocycles. The number of aliphatic hydroxyl groups is 1. The second-order valence-electron chi connectivity index (χ2n) is 7.64. The molecule has 1 saturated heterocycles. The van der Waals surface area contributed by atoms with Crippen molar-refractivity contribution in [3.63, 3.8) is 0 Å². The van der Waals surface area contributed by atoms with Crippen molar-refractivity contribution in [3.05, 3.63) is 51.8 Å². The van der Waals surface area contributed by atoms with Gasteiger partial charge in [0.2, 0.25) is 6.79 Å². The summed E-state index contributed by atoms with van der Waals surface area (Å²) in [6.07, 6.45) is 0. The van der Waals surface area contributed by atoms with Gasteiger partial charge in [-0.2, -0.15) is 0 Å². The van der Waals surface area contributed by atoms with Gasteiger partial charge in [-0.05, 0) is 29.1 Å². The first kappa shape index (κ1) is 20.0. The molecule has 0 aliphatic carbocycles. The second kappa shape index (κ2) is 8.33. The van der Waals surface area contributed by atoms with E-state index in [1.54, 1.807) is 6.07 Å². The average Bonchev–Trinajstić information content (AvgIpc) is 3.51. The summed E-state index contributed by atoms with van der Waals surface area (Å²) in [6.45, 7) is 3.85. The molecule has 31 heavy (non-hydrogen) atoms. The number of β-amino-alcohol motifs (C(OH)–C–C–N with tert-alkyl or cyclic N) is 1. The maximum absolute atomic E-state index is 13.5. The molecular weight excluding hydrogens is 418 g/mol. The van der Waals surface area contributed by atoms with Gasteiger partial charge in [-0.3, -0.25) is 19.4 Å². The number of hydrogen-bond acceptors (Lipinski definition) is 8. The normalized spacial score (nSPS) is 19.1. The number of rotatable bonds is 6. The zero-order valence-electron chi connectivity index (χ0n) is 17.0. The summed E-state index contributed by atoms with van der Waals surface area (Å²) in [5.74, 6) is 0.768. The van der Waals surface area contributed by atoms with Crippen LogP contribution in [0.1, 0.15) is 10.4 Å². The summed E-state index contributed by atoms with van der Waals surface area (Å²) < 4.78 is 10.8. The number of amides is 2. The Balaban J connectivity index is 1.42. The van der Waals surface area contributed by atoms with Crippen LogP contribution in [-0.2, 0) is 16.1 Å². The van der Waals surface area contributed by atoms with Gasteiger partial charge in [0.15, 0.2) is 11.5 Å². The van der Waals surface area contributed by atoms with E-state index < -0.39 is 0 Å². The van der Waals surface area contributed by atoms with Crippen molar-refractivity contribution >= 4 is 28.7 Å². The van der Waals surface area contributed by atoms with Gasteiger partial charge < -0.3 is 19.5 Å². The molecule has 0 unspecified atom stereocenters. The highest BCUT2D eigenvalue weighted by atomic mass is 32.1. The number of ether oxygens (including phenoxy) is 2. The Morgan fingerprint density at radius 2 is 1.81 bits per heavy atom. The van der Waals surface area contributed by atoms with Gasteiger partial charge >= 0.3 is 0 Å². The molecule has 1 aromatic carbocycles. The maximum atomic E-state index is 13.5. The lowest BCUT2D eigenvalue weighted by atomic mass is 10.1. The van der Waals surface area contributed by atoms with E-state index in [0.717, 1.165) is 23.5 Å². The van der Waals surface area contributed by atoms with Crippen LogP contribution in [0.3, 0.4) is 0 Å². The molecule has 2 aromatic rings. The molecule has 1 N–H and O–H groups in total. The molecular formula is C22H23N3O5S. The molecule has 1 aromatic heterocycles. The molecule has 0 atom stereocenters. The van der Waals surface area contributed by atoms with Crippen molar-refractivity contribution in [1.82, 2.24) is 14.7 Å². The van der Waals surface area contributed by atoms with Gasteiger partial charge in [-0.25, -0.2) is 0 Å². The van der Waals surface area contributed by atoms with Gasteiger partial charge in [0.25, 0.3) is 11.8 Å². The minimum atomic E-state index is -0.266. The topological polar surface area (TPSA) is 82.6 Å². The lowest BCUT2D eigenvalue weighted by molar-refractivity contribution is -0.138. The Morgan fingerprint density at radius 3 is 2.55 bits per heavy atom.